The van der Waals surface area contributed by atoms with Crippen LogP contribution in [0.3, 0.4) is 0 Å². The van der Waals surface area contributed by atoms with Crippen LogP contribution in [-0.4, -0.2) is 87.4 Å². The van der Waals surface area contributed by atoms with E-state index >= 15 is 0 Å². The minimum Gasteiger partial charge on any atom is -0.477 e. The fourth-order valence-corrected chi connectivity index (χ4v) is 10.0. The number of esters is 2. The van der Waals surface area contributed by atoms with Crippen molar-refractivity contribution in [3.63, 3.8) is 0 Å². The number of rotatable bonds is 66. The van der Waals surface area contributed by atoms with Crippen LogP contribution in [0.2, 0.25) is 0 Å². The topological polar surface area (TPSA) is 108 Å². The first-order valence-corrected chi connectivity index (χ1v) is 36.1. The number of carbonyl (C=O) groups is 3. The van der Waals surface area contributed by atoms with E-state index in [-0.39, 0.29) is 32.2 Å². The lowest BCUT2D eigenvalue weighted by Crippen LogP contribution is -2.40. The fourth-order valence-electron chi connectivity index (χ4n) is 10.0. The van der Waals surface area contributed by atoms with Crippen LogP contribution >= 0.6 is 0 Å². The number of aliphatic carboxylic acids is 1. The zero-order valence-corrected chi connectivity index (χ0v) is 57.2. The summed E-state index contributed by atoms with van der Waals surface area (Å²) < 4.78 is 23.0. The summed E-state index contributed by atoms with van der Waals surface area (Å²) in [5.74, 6) is -2.00. The smallest absolute Gasteiger partial charge is 0.361 e. The third kappa shape index (κ3) is 69.3. The highest BCUT2D eigenvalue weighted by Gasteiger charge is 2.25. The van der Waals surface area contributed by atoms with Crippen LogP contribution in [0.1, 0.15) is 309 Å². The average molecular weight is 1220 g/mol. The van der Waals surface area contributed by atoms with E-state index in [1.165, 1.54) is 186 Å². The molecule has 0 aromatic rings. The van der Waals surface area contributed by atoms with Crippen LogP contribution in [0, 0.1) is 0 Å². The van der Waals surface area contributed by atoms with Gasteiger partial charge in [0.15, 0.2) is 6.10 Å². The molecule has 0 fully saturated rings. The monoisotopic (exact) mass is 1220 g/mol. The second kappa shape index (κ2) is 67.9. The van der Waals surface area contributed by atoms with Gasteiger partial charge in [-0.15, -0.1) is 0 Å². The summed E-state index contributed by atoms with van der Waals surface area (Å²) in [6.07, 6.45) is 92.0. The Morgan fingerprint density at radius 1 is 0.356 bits per heavy atom. The number of hydrogen-bond acceptors (Lipinski definition) is 7. The van der Waals surface area contributed by atoms with Crippen molar-refractivity contribution in [2.24, 2.45) is 0 Å². The Labute approximate surface area is 536 Å². The number of carboxylic acid groups (broad SMARTS) is 1. The lowest BCUT2D eigenvalue weighted by Gasteiger charge is -2.25. The number of hydrogen-bond donors (Lipinski definition) is 1. The van der Waals surface area contributed by atoms with Crippen molar-refractivity contribution in [2.75, 3.05) is 47.5 Å². The lowest BCUT2D eigenvalue weighted by atomic mass is 10.0. The minimum atomic E-state index is -1.52. The number of unbranched alkanes of at least 4 members (excludes halogenated alkanes) is 33. The zero-order chi connectivity index (χ0) is 63.3. The number of carboxylic acids is 1. The molecule has 0 aromatic heterocycles. The molecule has 1 N–H and O–H groups in total. The normalized spacial score (nSPS) is 13.3. The Hall–Kier alpha value is -4.05. The number of nitrogens with zero attached hydrogens (tertiary/aromatic N) is 1. The van der Waals surface area contributed by atoms with Crippen molar-refractivity contribution >= 4 is 17.9 Å². The first-order chi connectivity index (χ1) is 42.6. The summed E-state index contributed by atoms with van der Waals surface area (Å²) in [6.45, 7) is 4.77. The predicted molar refractivity (Wildman–Crippen MR) is 373 cm³/mol. The van der Waals surface area contributed by atoms with Crippen LogP contribution in [-0.2, 0) is 33.3 Å². The Morgan fingerprint density at radius 2 is 0.655 bits per heavy atom. The van der Waals surface area contributed by atoms with Gasteiger partial charge in [0.25, 0.3) is 6.29 Å². The Balaban J connectivity index is 4.12. The Kier molecular flexibility index (Phi) is 64.7. The van der Waals surface area contributed by atoms with Gasteiger partial charge in [0.05, 0.1) is 34.4 Å². The quantitative estimate of drug-likeness (QED) is 0.0211. The largest absolute Gasteiger partial charge is 0.477 e. The van der Waals surface area contributed by atoms with Gasteiger partial charge in [-0.25, -0.2) is 4.79 Å². The van der Waals surface area contributed by atoms with E-state index in [0.29, 0.717) is 23.9 Å². The van der Waals surface area contributed by atoms with Crippen LogP contribution < -0.4 is 0 Å². The molecular formula is C78H136NO8+. The Morgan fingerprint density at radius 3 is 0.977 bits per heavy atom. The highest BCUT2D eigenvalue weighted by atomic mass is 16.7. The number of likely N-dealkylation sites (N-methyl/N-ethyl adjacent to an activating group) is 1. The van der Waals surface area contributed by atoms with Gasteiger partial charge in [0.1, 0.15) is 13.2 Å². The second-order valence-electron chi connectivity index (χ2n) is 25.2. The van der Waals surface area contributed by atoms with Crippen molar-refractivity contribution < 1.29 is 42.9 Å². The molecule has 0 amide bonds. The summed E-state index contributed by atoms with van der Waals surface area (Å²) in [5.41, 5.74) is 0. The predicted octanol–water partition coefficient (Wildman–Crippen LogP) is 22.6. The van der Waals surface area contributed by atoms with Crippen molar-refractivity contribution in [2.45, 2.75) is 322 Å². The van der Waals surface area contributed by atoms with Crippen molar-refractivity contribution in [1.29, 1.82) is 0 Å². The van der Waals surface area contributed by atoms with Crippen molar-refractivity contribution in [3.05, 3.63) is 109 Å². The van der Waals surface area contributed by atoms with E-state index < -0.39 is 24.3 Å². The zero-order valence-electron chi connectivity index (χ0n) is 57.2. The van der Waals surface area contributed by atoms with Gasteiger partial charge in [-0.3, -0.25) is 9.59 Å². The van der Waals surface area contributed by atoms with Gasteiger partial charge in [0, 0.05) is 12.8 Å². The van der Waals surface area contributed by atoms with Gasteiger partial charge in [0.2, 0.25) is 0 Å². The van der Waals surface area contributed by atoms with Crippen molar-refractivity contribution in [3.8, 4) is 0 Å². The molecule has 0 radical (unpaired) electrons. The second-order valence-corrected chi connectivity index (χ2v) is 25.2. The van der Waals surface area contributed by atoms with Crippen LogP contribution in [0.25, 0.3) is 0 Å². The third-order valence-electron chi connectivity index (χ3n) is 15.5. The molecule has 2 atom stereocenters. The minimum absolute atomic E-state index is 0.184. The molecule has 0 bridgehead atoms. The highest BCUT2D eigenvalue weighted by Crippen LogP contribution is 2.17. The highest BCUT2D eigenvalue weighted by molar-refractivity contribution is 5.71. The molecule has 0 aliphatic heterocycles. The maximum absolute atomic E-state index is 13.0. The van der Waals surface area contributed by atoms with Gasteiger partial charge in [-0.1, -0.05) is 303 Å². The molecule has 0 saturated heterocycles. The van der Waals surface area contributed by atoms with E-state index in [1.54, 1.807) is 0 Å². The molecular weight excluding hydrogens is 1080 g/mol. The molecule has 500 valence electrons. The SMILES string of the molecule is CC/C=C\C/C=C\C/C=C\C/C=C\C/C=C\C/C=C\CCCCCCCCCCCCCCC(=O)OC(COC(=O)CCCCCCCCCCCCCCCCCC/C=C\C/C=C\C/C=C\CCCCCCC)COC(OCC[N+](C)(C)C)C(=O)O. The van der Waals surface area contributed by atoms with Crippen LogP contribution in [0.4, 0.5) is 0 Å². The number of allylic oxidation sites excluding steroid dienone is 18. The maximum atomic E-state index is 13.0. The van der Waals surface area contributed by atoms with E-state index in [0.717, 1.165) is 89.9 Å². The van der Waals surface area contributed by atoms with Crippen molar-refractivity contribution in [1.82, 2.24) is 0 Å². The number of ether oxygens (including phenoxy) is 4. The van der Waals surface area contributed by atoms with E-state index in [1.807, 2.05) is 21.1 Å². The van der Waals surface area contributed by atoms with Gasteiger partial charge in [-0.2, -0.15) is 0 Å². The van der Waals surface area contributed by atoms with E-state index in [4.69, 9.17) is 18.9 Å². The first kappa shape index (κ1) is 83.0. The molecule has 0 spiro atoms. The fraction of sp³-hybridized carbons (Fsp3) is 0.731. The summed E-state index contributed by atoms with van der Waals surface area (Å²) in [7, 11) is 5.98. The van der Waals surface area contributed by atoms with E-state index in [2.05, 4.69) is 123 Å². The molecule has 0 aromatic carbocycles. The molecule has 2 unspecified atom stereocenters. The summed E-state index contributed by atoms with van der Waals surface area (Å²) >= 11 is 0. The summed E-state index contributed by atoms with van der Waals surface area (Å²) in [4.78, 5) is 37.7. The summed E-state index contributed by atoms with van der Waals surface area (Å²) in [5, 5.41) is 9.76. The molecule has 0 saturated carbocycles. The van der Waals surface area contributed by atoms with Crippen LogP contribution in [0.15, 0.2) is 109 Å². The standard InChI is InChI=1S/C78H135NO8/c1-6-8-10-12-14-16-18-20-22-24-26-28-30-32-34-36-38-40-42-44-46-48-50-52-54-56-58-60-62-64-66-68-75(80)85-72-74(73-86-78(77(82)83)84-71-70-79(3,4)5)87-76(81)69-67-65-63-61-59-57-55-53-51-49-47-45-43-41-39-37-35-33-31-29-27-25-23-21-19-17-15-13-11-9-7-2/h9,11,15,17-18,20-21,23-24,26-27,29-30,32-33,35,39,41,74,78H,6-8,10,12-14,16,19,22,25,28,31,34,36-38,40,42-73H2,1-5H3/p+1/b11-9-,17-15-,20-18-,23-21-,26-24-,29-27-,32-30-,35-33-,41-39-. The molecule has 87 heavy (non-hydrogen) atoms. The van der Waals surface area contributed by atoms with Crippen LogP contribution in [0.5, 0.6) is 0 Å². The lowest BCUT2D eigenvalue weighted by molar-refractivity contribution is -0.870. The molecule has 0 heterocycles. The molecule has 9 nitrogen and oxygen atoms in total. The molecule has 0 aliphatic rings. The third-order valence-corrected chi connectivity index (χ3v) is 15.5. The average Bonchev–Trinajstić information content (AvgIpc) is 3.56. The first-order valence-electron chi connectivity index (χ1n) is 36.1. The number of quaternary nitrogens is 1. The maximum Gasteiger partial charge on any atom is 0.361 e. The molecule has 0 rings (SSSR count). The molecule has 0 aliphatic carbocycles. The number of carbonyl (C=O) groups excluding carboxylic acids is 2. The van der Waals surface area contributed by atoms with Gasteiger partial charge < -0.3 is 28.5 Å². The summed E-state index contributed by atoms with van der Waals surface area (Å²) in [6, 6.07) is 0. The molecule has 9 heteroatoms. The van der Waals surface area contributed by atoms with Gasteiger partial charge in [-0.05, 0) is 103 Å². The Bertz CT molecular complexity index is 1800. The van der Waals surface area contributed by atoms with E-state index in [9.17, 15) is 19.5 Å². The van der Waals surface area contributed by atoms with Gasteiger partial charge >= 0.3 is 17.9 Å².